The van der Waals surface area contributed by atoms with Gasteiger partial charge in [0.05, 0.1) is 27.0 Å². The van der Waals surface area contributed by atoms with E-state index in [9.17, 15) is 4.79 Å². The fourth-order valence-corrected chi connectivity index (χ4v) is 3.77. The molecular formula is C29H28N2O5. The first-order chi connectivity index (χ1) is 17.6. The van der Waals surface area contributed by atoms with Crippen LogP contribution in [0.2, 0.25) is 0 Å². The summed E-state index contributed by atoms with van der Waals surface area (Å²) in [4.78, 5) is 12.5. The molecule has 4 rings (SSSR count). The normalized spacial score (nSPS) is 10.9. The number of rotatable bonds is 10. The molecule has 36 heavy (non-hydrogen) atoms. The van der Waals surface area contributed by atoms with Crippen LogP contribution in [0.4, 0.5) is 0 Å². The first-order valence-corrected chi connectivity index (χ1v) is 11.5. The minimum atomic E-state index is -0.366. The van der Waals surface area contributed by atoms with Gasteiger partial charge in [0, 0.05) is 5.56 Å². The summed E-state index contributed by atoms with van der Waals surface area (Å²) in [6.45, 7) is 2.79. The smallest absolute Gasteiger partial charge is 0.271 e. The van der Waals surface area contributed by atoms with Crippen LogP contribution < -0.4 is 24.4 Å². The van der Waals surface area contributed by atoms with E-state index in [0.29, 0.717) is 41.8 Å². The average Bonchev–Trinajstić information content (AvgIpc) is 2.92. The highest BCUT2D eigenvalue weighted by Gasteiger charge is 2.11. The Morgan fingerprint density at radius 2 is 1.56 bits per heavy atom. The summed E-state index contributed by atoms with van der Waals surface area (Å²) in [5.74, 6) is 1.89. The zero-order valence-electron chi connectivity index (χ0n) is 20.5. The number of ether oxygens (including phenoxy) is 4. The van der Waals surface area contributed by atoms with Gasteiger partial charge < -0.3 is 18.9 Å². The number of nitrogens with one attached hydrogen (secondary N) is 1. The number of nitrogens with zero attached hydrogens (tertiary/aromatic N) is 1. The number of hydrazone groups is 1. The molecule has 0 unspecified atom stereocenters. The molecule has 0 fully saturated rings. The number of benzene rings is 4. The van der Waals surface area contributed by atoms with Gasteiger partial charge in [-0.1, -0.05) is 42.5 Å². The largest absolute Gasteiger partial charge is 0.493 e. The summed E-state index contributed by atoms with van der Waals surface area (Å²) < 4.78 is 22.4. The summed E-state index contributed by atoms with van der Waals surface area (Å²) in [6.07, 6.45) is 1.54. The van der Waals surface area contributed by atoms with E-state index in [-0.39, 0.29) is 5.91 Å². The lowest BCUT2D eigenvalue weighted by atomic mass is 10.1. The molecule has 4 aromatic rings. The van der Waals surface area contributed by atoms with E-state index in [0.717, 1.165) is 16.5 Å². The molecule has 0 aliphatic rings. The molecule has 0 radical (unpaired) electrons. The zero-order chi connectivity index (χ0) is 25.3. The fourth-order valence-electron chi connectivity index (χ4n) is 3.77. The number of fused-ring (bicyclic) bond motifs is 1. The lowest BCUT2D eigenvalue weighted by molar-refractivity contribution is 0.0954. The van der Waals surface area contributed by atoms with Gasteiger partial charge in [-0.3, -0.25) is 4.79 Å². The van der Waals surface area contributed by atoms with Crippen LogP contribution in [0, 0.1) is 0 Å². The average molecular weight is 485 g/mol. The van der Waals surface area contributed by atoms with Crippen molar-refractivity contribution in [3.8, 4) is 23.0 Å². The molecule has 0 saturated carbocycles. The predicted molar refractivity (Wildman–Crippen MR) is 140 cm³/mol. The Hall–Kier alpha value is -4.52. The van der Waals surface area contributed by atoms with E-state index in [2.05, 4.69) is 34.8 Å². The fraction of sp³-hybridized carbons (Fsp3) is 0.172. The lowest BCUT2D eigenvalue weighted by Gasteiger charge is -2.13. The monoisotopic (exact) mass is 484 g/mol. The first kappa shape index (κ1) is 24.6. The molecule has 7 nitrogen and oxygen atoms in total. The van der Waals surface area contributed by atoms with Crippen LogP contribution in [-0.4, -0.2) is 32.9 Å². The van der Waals surface area contributed by atoms with E-state index < -0.39 is 0 Å². The summed E-state index contributed by atoms with van der Waals surface area (Å²) >= 11 is 0. The van der Waals surface area contributed by atoms with Gasteiger partial charge in [0.15, 0.2) is 23.0 Å². The number of carbonyl (C=O) groups excluding carboxylic acids is 1. The molecule has 0 bridgehead atoms. The van der Waals surface area contributed by atoms with Crippen molar-refractivity contribution < 1.29 is 23.7 Å². The third-order valence-corrected chi connectivity index (χ3v) is 5.56. The van der Waals surface area contributed by atoms with Gasteiger partial charge in [0.1, 0.15) is 6.61 Å². The summed E-state index contributed by atoms with van der Waals surface area (Å²) in [6, 6.07) is 24.8. The minimum Gasteiger partial charge on any atom is -0.493 e. The van der Waals surface area contributed by atoms with E-state index in [1.165, 1.54) is 12.5 Å². The highest BCUT2D eigenvalue weighted by atomic mass is 16.5. The van der Waals surface area contributed by atoms with Crippen molar-refractivity contribution in [3.63, 3.8) is 0 Å². The predicted octanol–water partition coefficient (Wildman–Crippen LogP) is 5.60. The van der Waals surface area contributed by atoms with Crippen molar-refractivity contribution in [1.29, 1.82) is 0 Å². The number of methoxy groups -OCH3 is 2. The third kappa shape index (κ3) is 5.75. The van der Waals surface area contributed by atoms with Gasteiger partial charge in [-0.2, -0.15) is 5.10 Å². The van der Waals surface area contributed by atoms with Crippen molar-refractivity contribution in [2.45, 2.75) is 13.5 Å². The SMILES string of the molecule is CCOc1ccc(C(=O)N/N=C/c2ccc(OCc3cccc4ccccc34)c(OC)c2)cc1OC. The maximum Gasteiger partial charge on any atom is 0.271 e. The number of hydrogen-bond donors (Lipinski definition) is 1. The van der Waals surface area contributed by atoms with Gasteiger partial charge in [0.2, 0.25) is 0 Å². The summed E-state index contributed by atoms with van der Waals surface area (Å²) in [5, 5.41) is 6.40. The lowest BCUT2D eigenvalue weighted by Crippen LogP contribution is -2.17. The van der Waals surface area contributed by atoms with Crippen LogP contribution in [-0.2, 0) is 6.61 Å². The number of amides is 1. The summed E-state index contributed by atoms with van der Waals surface area (Å²) in [5.41, 5.74) is 4.77. The molecule has 7 heteroatoms. The maximum atomic E-state index is 12.5. The van der Waals surface area contributed by atoms with Crippen LogP contribution >= 0.6 is 0 Å². The highest BCUT2D eigenvalue weighted by molar-refractivity contribution is 5.95. The molecule has 184 valence electrons. The second-order valence-electron chi connectivity index (χ2n) is 7.84. The quantitative estimate of drug-likeness (QED) is 0.234. The molecule has 0 aliphatic carbocycles. The number of hydrogen-bond acceptors (Lipinski definition) is 6. The van der Waals surface area contributed by atoms with Crippen LogP contribution in [0.1, 0.15) is 28.4 Å². The van der Waals surface area contributed by atoms with Crippen molar-refractivity contribution >= 4 is 22.9 Å². The Kier molecular flexibility index (Phi) is 8.03. The molecule has 0 aliphatic heterocycles. The molecule has 0 saturated heterocycles. The van der Waals surface area contributed by atoms with Crippen LogP contribution in [0.25, 0.3) is 10.8 Å². The summed E-state index contributed by atoms with van der Waals surface area (Å²) in [7, 11) is 3.11. The first-order valence-electron chi connectivity index (χ1n) is 11.5. The Morgan fingerprint density at radius 1 is 0.833 bits per heavy atom. The van der Waals surface area contributed by atoms with Crippen molar-refractivity contribution in [2.75, 3.05) is 20.8 Å². The van der Waals surface area contributed by atoms with Crippen molar-refractivity contribution in [1.82, 2.24) is 5.43 Å². The Morgan fingerprint density at radius 3 is 2.36 bits per heavy atom. The molecule has 0 aromatic heterocycles. The standard InChI is InChI=1S/C29H28N2O5/c1-4-35-25-15-13-22(17-28(25)34-3)29(32)31-30-18-20-12-14-26(27(16-20)33-2)36-19-23-10-7-9-21-8-5-6-11-24(21)23/h5-18H,4,19H2,1-3H3,(H,31,32)/b30-18+. The highest BCUT2D eigenvalue weighted by Crippen LogP contribution is 2.30. The second-order valence-corrected chi connectivity index (χ2v) is 7.84. The topological polar surface area (TPSA) is 78.4 Å². The molecule has 0 heterocycles. The third-order valence-electron chi connectivity index (χ3n) is 5.56. The number of carbonyl (C=O) groups is 1. The molecule has 0 atom stereocenters. The van der Waals surface area contributed by atoms with Crippen molar-refractivity contribution in [2.24, 2.45) is 5.10 Å². The van der Waals surface area contributed by atoms with Gasteiger partial charge in [0.25, 0.3) is 5.91 Å². The van der Waals surface area contributed by atoms with Crippen LogP contribution in [0.3, 0.4) is 0 Å². The van der Waals surface area contributed by atoms with Crippen molar-refractivity contribution in [3.05, 3.63) is 95.6 Å². The molecule has 1 N–H and O–H groups in total. The molecule has 1 amide bonds. The van der Waals surface area contributed by atoms with Gasteiger partial charge in [-0.05, 0) is 65.2 Å². The van der Waals surface area contributed by atoms with E-state index >= 15 is 0 Å². The zero-order valence-corrected chi connectivity index (χ0v) is 20.5. The Labute approximate surface area is 210 Å². The van der Waals surface area contributed by atoms with E-state index in [4.69, 9.17) is 18.9 Å². The Bertz CT molecular complexity index is 1380. The molecule has 4 aromatic carbocycles. The van der Waals surface area contributed by atoms with Gasteiger partial charge in [-0.15, -0.1) is 0 Å². The minimum absolute atomic E-state index is 0.366. The van der Waals surface area contributed by atoms with E-state index in [1.54, 1.807) is 37.6 Å². The van der Waals surface area contributed by atoms with Crippen LogP contribution in [0.5, 0.6) is 23.0 Å². The molecule has 0 spiro atoms. The van der Waals surface area contributed by atoms with Gasteiger partial charge >= 0.3 is 0 Å². The maximum absolute atomic E-state index is 12.5. The molecular weight excluding hydrogens is 456 g/mol. The Balaban J connectivity index is 1.41. The van der Waals surface area contributed by atoms with E-state index in [1.807, 2.05) is 37.3 Å². The van der Waals surface area contributed by atoms with Gasteiger partial charge in [-0.25, -0.2) is 5.43 Å². The van der Waals surface area contributed by atoms with Crippen LogP contribution in [0.15, 0.2) is 84.0 Å². The second kappa shape index (κ2) is 11.8.